The Morgan fingerprint density at radius 3 is 2.75 bits per heavy atom. The second-order valence-electron chi connectivity index (χ2n) is 5.18. The molecule has 6 heteroatoms. The molecule has 0 radical (unpaired) electrons. The minimum atomic E-state index is -0.846. The summed E-state index contributed by atoms with van der Waals surface area (Å²) in [7, 11) is 0. The Morgan fingerprint density at radius 2 is 2.05 bits per heavy atom. The molecule has 1 aromatic carbocycles. The van der Waals surface area contributed by atoms with Crippen LogP contribution in [0, 0.1) is 17.6 Å². The summed E-state index contributed by atoms with van der Waals surface area (Å²) in [4.78, 5) is 0. The van der Waals surface area contributed by atoms with Crippen LogP contribution in [0.15, 0.2) is 24.4 Å². The van der Waals surface area contributed by atoms with Crippen molar-refractivity contribution in [1.29, 1.82) is 0 Å². The molecule has 20 heavy (non-hydrogen) atoms. The minimum Gasteiger partial charge on any atom is -0.311 e. The normalized spacial score (nSPS) is 11.2. The Bertz CT molecular complexity index is 566. The first-order chi connectivity index (χ1) is 9.54. The predicted molar refractivity (Wildman–Crippen MR) is 72.0 cm³/mol. The van der Waals surface area contributed by atoms with Gasteiger partial charge in [0.1, 0.15) is 0 Å². The fourth-order valence-electron chi connectivity index (χ4n) is 1.81. The van der Waals surface area contributed by atoms with Crippen molar-refractivity contribution in [1.82, 2.24) is 20.3 Å². The number of halogens is 2. The topological polar surface area (TPSA) is 42.7 Å². The summed E-state index contributed by atoms with van der Waals surface area (Å²) in [5.41, 5.74) is 1.48. The van der Waals surface area contributed by atoms with Crippen LogP contribution >= 0.6 is 0 Å². The van der Waals surface area contributed by atoms with Gasteiger partial charge in [-0.1, -0.05) is 25.1 Å². The smallest absolute Gasteiger partial charge is 0.159 e. The Morgan fingerprint density at radius 1 is 1.25 bits per heavy atom. The van der Waals surface area contributed by atoms with Gasteiger partial charge < -0.3 is 5.32 Å². The number of rotatable bonds is 6. The van der Waals surface area contributed by atoms with Gasteiger partial charge in [-0.3, -0.25) is 0 Å². The van der Waals surface area contributed by atoms with Gasteiger partial charge >= 0.3 is 0 Å². The maximum absolute atomic E-state index is 13.1. The van der Waals surface area contributed by atoms with E-state index in [1.807, 2.05) is 0 Å². The van der Waals surface area contributed by atoms with Gasteiger partial charge in [0, 0.05) is 6.54 Å². The van der Waals surface area contributed by atoms with Crippen molar-refractivity contribution in [3.05, 3.63) is 47.3 Å². The van der Waals surface area contributed by atoms with Crippen molar-refractivity contribution < 1.29 is 8.78 Å². The molecule has 0 atom stereocenters. The van der Waals surface area contributed by atoms with Gasteiger partial charge in [-0.2, -0.15) is 0 Å². The molecule has 2 aromatic rings. The molecule has 0 saturated heterocycles. The molecule has 4 nitrogen and oxygen atoms in total. The molecule has 108 valence electrons. The molecule has 0 aliphatic carbocycles. The number of aromatic nitrogens is 3. The van der Waals surface area contributed by atoms with Crippen LogP contribution in [0.2, 0.25) is 0 Å². The monoisotopic (exact) mass is 280 g/mol. The molecular weight excluding hydrogens is 262 g/mol. The predicted octanol–water partition coefficient (Wildman–Crippen LogP) is 2.35. The van der Waals surface area contributed by atoms with Crippen molar-refractivity contribution in [3.63, 3.8) is 0 Å². The lowest BCUT2D eigenvalue weighted by atomic mass is 10.2. The third-order valence-electron chi connectivity index (χ3n) is 2.77. The Kier molecular flexibility index (Phi) is 4.79. The maximum atomic E-state index is 13.1. The van der Waals surface area contributed by atoms with Crippen LogP contribution in [0.5, 0.6) is 0 Å². The van der Waals surface area contributed by atoms with E-state index in [0.29, 0.717) is 24.6 Å². The fourth-order valence-corrected chi connectivity index (χ4v) is 1.81. The zero-order valence-corrected chi connectivity index (χ0v) is 11.6. The summed E-state index contributed by atoms with van der Waals surface area (Å²) >= 11 is 0. The van der Waals surface area contributed by atoms with Crippen molar-refractivity contribution in [2.45, 2.75) is 26.9 Å². The average Bonchev–Trinajstić information content (AvgIpc) is 2.81. The minimum absolute atomic E-state index is 0.369. The Balaban J connectivity index is 1.93. The summed E-state index contributed by atoms with van der Waals surface area (Å²) in [6, 6.07) is 3.83. The third kappa shape index (κ3) is 4.09. The summed E-state index contributed by atoms with van der Waals surface area (Å²) in [6.45, 7) is 6.19. The van der Waals surface area contributed by atoms with Gasteiger partial charge in [-0.15, -0.1) is 5.10 Å². The van der Waals surface area contributed by atoms with Gasteiger partial charge in [0.05, 0.1) is 18.4 Å². The third-order valence-corrected chi connectivity index (χ3v) is 2.77. The van der Waals surface area contributed by atoms with Gasteiger partial charge in [0.2, 0.25) is 0 Å². The van der Waals surface area contributed by atoms with Gasteiger partial charge in [0.15, 0.2) is 11.6 Å². The van der Waals surface area contributed by atoms with Crippen LogP contribution in [-0.4, -0.2) is 21.5 Å². The van der Waals surface area contributed by atoms with Crippen LogP contribution < -0.4 is 5.32 Å². The Labute approximate surface area is 116 Å². The molecule has 2 rings (SSSR count). The standard InChI is InChI=1S/C14H18F2N4/c1-10(2)6-17-7-12-9-20(19-18-12)8-11-3-4-13(15)14(16)5-11/h3-5,9-10,17H,6-8H2,1-2H3. The zero-order valence-electron chi connectivity index (χ0n) is 11.6. The van der Waals surface area contributed by atoms with E-state index in [0.717, 1.165) is 18.3 Å². The lowest BCUT2D eigenvalue weighted by Gasteiger charge is -2.04. The van der Waals surface area contributed by atoms with Gasteiger partial charge in [-0.25, -0.2) is 13.5 Å². The molecule has 0 spiro atoms. The molecule has 0 amide bonds. The van der Waals surface area contributed by atoms with Crippen molar-refractivity contribution >= 4 is 0 Å². The molecular formula is C14H18F2N4. The molecule has 1 aromatic heterocycles. The van der Waals surface area contributed by atoms with Crippen LogP contribution in [0.25, 0.3) is 0 Å². The van der Waals surface area contributed by atoms with Crippen LogP contribution in [0.1, 0.15) is 25.1 Å². The quantitative estimate of drug-likeness (QED) is 0.883. The maximum Gasteiger partial charge on any atom is 0.159 e. The van der Waals surface area contributed by atoms with Crippen molar-refractivity contribution in [3.8, 4) is 0 Å². The summed E-state index contributed by atoms with van der Waals surface area (Å²) in [5.74, 6) is -1.11. The Hall–Kier alpha value is -1.82. The number of nitrogens with zero attached hydrogens (tertiary/aromatic N) is 3. The number of hydrogen-bond donors (Lipinski definition) is 1. The van der Waals surface area contributed by atoms with E-state index in [1.54, 1.807) is 10.9 Å². The highest BCUT2D eigenvalue weighted by Gasteiger charge is 2.05. The highest BCUT2D eigenvalue weighted by atomic mass is 19.2. The second kappa shape index (κ2) is 6.56. The largest absolute Gasteiger partial charge is 0.311 e. The van der Waals surface area contributed by atoms with Crippen LogP contribution in [-0.2, 0) is 13.1 Å². The number of hydrogen-bond acceptors (Lipinski definition) is 3. The molecule has 0 unspecified atom stereocenters. The number of nitrogens with one attached hydrogen (secondary N) is 1. The molecule has 0 fully saturated rings. The summed E-state index contributed by atoms with van der Waals surface area (Å²) in [5, 5.41) is 11.3. The van der Waals surface area contributed by atoms with E-state index in [2.05, 4.69) is 29.5 Å². The lowest BCUT2D eigenvalue weighted by Crippen LogP contribution is -2.19. The first-order valence-electron chi connectivity index (χ1n) is 6.58. The molecule has 0 aliphatic heterocycles. The zero-order chi connectivity index (χ0) is 14.5. The molecule has 1 N–H and O–H groups in total. The van der Waals surface area contributed by atoms with E-state index in [-0.39, 0.29) is 0 Å². The van der Waals surface area contributed by atoms with E-state index >= 15 is 0 Å². The highest BCUT2D eigenvalue weighted by Crippen LogP contribution is 2.09. The van der Waals surface area contributed by atoms with Crippen molar-refractivity contribution in [2.75, 3.05) is 6.54 Å². The van der Waals surface area contributed by atoms with Crippen LogP contribution in [0.3, 0.4) is 0 Å². The highest BCUT2D eigenvalue weighted by molar-refractivity contribution is 5.18. The van der Waals surface area contributed by atoms with E-state index in [4.69, 9.17) is 0 Å². The SMILES string of the molecule is CC(C)CNCc1cn(Cc2ccc(F)c(F)c2)nn1. The fraction of sp³-hybridized carbons (Fsp3) is 0.429. The van der Waals surface area contributed by atoms with Crippen molar-refractivity contribution in [2.24, 2.45) is 5.92 Å². The van der Waals surface area contributed by atoms with Crippen LogP contribution in [0.4, 0.5) is 8.78 Å². The second-order valence-corrected chi connectivity index (χ2v) is 5.18. The van der Waals surface area contributed by atoms with Gasteiger partial charge in [0.25, 0.3) is 0 Å². The average molecular weight is 280 g/mol. The lowest BCUT2D eigenvalue weighted by molar-refractivity contribution is 0.505. The summed E-state index contributed by atoms with van der Waals surface area (Å²) < 4.78 is 27.5. The first-order valence-corrected chi connectivity index (χ1v) is 6.58. The van der Waals surface area contributed by atoms with E-state index in [1.165, 1.54) is 12.1 Å². The van der Waals surface area contributed by atoms with E-state index < -0.39 is 11.6 Å². The van der Waals surface area contributed by atoms with E-state index in [9.17, 15) is 8.78 Å². The molecule has 0 bridgehead atoms. The summed E-state index contributed by atoms with van der Waals surface area (Å²) in [6.07, 6.45) is 1.80. The first kappa shape index (κ1) is 14.6. The number of benzene rings is 1. The molecule has 1 heterocycles. The molecule has 0 aliphatic rings. The van der Waals surface area contributed by atoms with Gasteiger partial charge in [-0.05, 0) is 30.2 Å². The molecule has 0 saturated carbocycles.